The lowest BCUT2D eigenvalue weighted by Gasteiger charge is -1.99. The molecular weight excluding hydrogens is 284 g/mol. The Labute approximate surface area is 127 Å². The van der Waals surface area contributed by atoms with Gasteiger partial charge in [-0.1, -0.05) is 18.2 Å². The number of ether oxygens (including phenoxy) is 2. The number of isocyanates is 2. The molecule has 6 heteroatoms. The molecule has 2 aromatic carbocycles. The van der Waals surface area contributed by atoms with Crippen molar-refractivity contribution in [1.29, 1.82) is 0 Å². The molecule has 6 nitrogen and oxygen atoms in total. The number of carbonyl (C=O) groups excluding carboxylic acids is 2. The highest BCUT2D eigenvalue weighted by atomic mass is 16.5. The molecule has 0 amide bonds. The van der Waals surface area contributed by atoms with Crippen molar-refractivity contribution in [1.82, 2.24) is 0 Å². The van der Waals surface area contributed by atoms with Crippen LogP contribution >= 0.6 is 0 Å². The topological polar surface area (TPSA) is 77.3 Å². The van der Waals surface area contributed by atoms with Crippen molar-refractivity contribution >= 4 is 23.5 Å². The van der Waals surface area contributed by atoms with Crippen molar-refractivity contribution in [3.63, 3.8) is 0 Å². The third kappa shape index (κ3) is 5.43. The van der Waals surface area contributed by atoms with E-state index in [1.54, 1.807) is 49.6 Å². The first kappa shape index (κ1) is 16.9. The summed E-state index contributed by atoms with van der Waals surface area (Å²) in [4.78, 5) is 26.6. The summed E-state index contributed by atoms with van der Waals surface area (Å²) in [6.07, 6.45) is 2.91. The second-order valence-corrected chi connectivity index (χ2v) is 3.78. The van der Waals surface area contributed by atoms with Gasteiger partial charge in [0.1, 0.15) is 17.2 Å². The van der Waals surface area contributed by atoms with Gasteiger partial charge in [0.05, 0.1) is 19.9 Å². The molecule has 0 saturated heterocycles. The third-order valence-electron chi connectivity index (χ3n) is 2.48. The SMILES string of the molecule is COc1cccc(N=C=O)c1.COc1ccccc1N=C=O. The van der Waals surface area contributed by atoms with E-state index in [-0.39, 0.29) is 0 Å². The van der Waals surface area contributed by atoms with E-state index in [9.17, 15) is 9.59 Å². The van der Waals surface area contributed by atoms with Crippen LogP contribution in [0.4, 0.5) is 11.4 Å². The second-order valence-electron chi connectivity index (χ2n) is 3.78. The molecule has 2 rings (SSSR count). The Bertz CT molecular complexity index is 703. The van der Waals surface area contributed by atoms with Gasteiger partial charge in [0.25, 0.3) is 0 Å². The Balaban J connectivity index is 0.000000220. The minimum absolute atomic E-state index is 0.505. The molecule has 0 aliphatic rings. The van der Waals surface area contributed by atoms with Crippen molar-refractivity contribution < 1.29 is 19.1 Å². The van der Waals surface area contributed by atoms with Crippen molar-refractivity contribution in [2.75, 3.05) is 14.2 Å². The second kappa shape index (κ2) is 9.66. The summed E-state index contributed by atoms with van der Waals surface area (Å²) >= 11 is 0. The maximum Gasteiger partial charge on any atom is 0.240 e. The maximum absolute atomic E-state index is 9.90. The standard InChI is InChI=1S/2C8H7NO2/c1-11-8-4-2-3-7(5-8)9-6-10;1-11-8-5-3-2-4-7(8)9-6-10/h2*2-5H,1H3. The Hall–Kier alpha value is -3.20. The van der Waals surface area contributed by atoms with Crippen LogP contribution in [0.25, 0.3) is 0 Å². The zero-order valence-electron chi connectivity index (χ0n) is 12.1. The van der Waals surface area contributed by atoms with Crippen LogP contribution in [0.3, 0.4) is 0 Å². The Morgan fingerprint density at radius 1 is 0.864 bits per heavy atom. The van der Waals surface area contributed by atoms with E-state index in [0.717, 1.165) is 0 Å². The number of para-hydroxylation sites is 2. The van der Waals surface area contributed by atoms with Gasteiger partial charge >= 0.3 is 0 Å². The molecule has 112 valence electrons. The number of hydrogen-bond acceptors (Lipinski definition) is 6. The molecule has 0 aromatic heterocycles. The molecule has 0 fully saturated rings. The number of methoxy groups -OCH3 is 2. The number of benzene rings is 2. The normalized spacial score (nSPS) is 8.45. The van der Waals surface area contributed by atoms with Crippen LogP contribution in [0.1, 0.15) is 0 Å². The van der Waals surface area contributed by atoms with Crippen molar-refractivity contribution in [3.05, 3.63) is 48.5 Å². The molecule has 0 unspecified atom stereocenters. The van der Waals surface area contributed by atoms with Crippen LogP contribution in [-0.2, 0) is 9.59 Å². The lowest BCUT2D eigenvalue weighted by molar-refractivity contribution is 0.415. The molecule has 0 spiro atoms. The van der Waals surface area contributed by atoms with E-state index in [0.29, 0.717) is 22.9 Å². The van der Waals surface area contributed by atoms with E-state index >= 15 is 0 Å². The molecule has 0 radical (unpaired) electrons. The fraction of sp³-hybridized carbons (Fsp3) is 0.125. The summed E-state index contributed by atoms with van der Waals surface area (Å²) in [5.74, 6) is 1.26. The summed E-state index contributed by atoms with van der Waals surface area (Å²) in [5, 5.41) is 0. The molecule has 0 bridgehead atoms. The van der Waals surface area contributed by atoms with Gasteiger partial charge in [-0.2, -0.15) is 9.98 Å². The first-order chi connectivity index (χ1) is 10.7. The molecule has 2 aromatic rings. The highest BCUT2D eigenvalue weighted by Gasteiger charge is 1.96. The van der Waals surface area contributed by atoms with Crippen molar-refractivity contribution in [2.45, 2.75) is 0 Å². The van der Waals surface area contributed by atoms with Crippen LogP contribution in [0.15, 0.2) is 58.5 Å². The van der Waals surface area contributed by atoms with E-state index in [4.69, 9.17) is 9.47 Å². The lowest BCUT2D eigenvalue weighted by atomic mass is 10.3. The first-order valence-corrected chi connectivity index (χ1v) is 6.18. The predicted molar refractivity (Wildman–Crippen MR) is 81.6 cm³/mol. The summed E-state index contributed by atoms with van der Waals surface area (Å²) in [7, 11) is 3.09. The molecule has 0 saturated carbocycles. The van der Waals surface area contributed by atoms with Gasteiger partial charge in [0.15, 0.2) is 0 Å². The average molecular weight is 298 g/mol. The highest BCUT2D eigenvalue weighted by Crippen LogP contribution is 2.25. The van der Waals surface area contributed by atoms with Crippen LogP contribution in [0.5, 0.6) is 11.5 Å². The summed E-state index contributed by atoms with van der Waals surface area (Å²) in [6, 6.07) is 13.9. The largest absolute Gasteiger partial charge is 0.497 e. The fourth-order valence-electron chi connectivity index (χ4n) is 1.50. The molecule has 0 atom stereocenters. The van der Waals surface area contributed by atoms with Crippen molar-refractivity contribution in [3.8, 4) is 11.5 Å². The zero-order valence-corrected chi connectivity index (χ0v) is 12.1. The van der Waals surface area contributed by atoms with Crippen LogP contribution in [0.2, 0.25) is 0 Å². The van der Waals surface area contributed by atoms with Crippen LogP contribution in [0, 0.1) is 0 Å². The molecule has 22 heavy (non-hydrogen) atoms. The van der Waals surface area contributed by atoms with Crippen LogP contribution in [-0.4, -0.2) is 26.4 Å². The minimum Gasteiger partial charge on any atom is -0.497 e. The fourth-order valence-corrected chi connectivity index (χ4v) is 1.50. The maximum atomic E-state index is 9.90. The van der Waals surface area contributed by atoms with Gasteiger partial charge < -0.3 is 9.47 Å². The summed E-state index contributed by atoms with van der Waals surface area (Å²) in [6.45, 7) is 0. The van der Waals surface area contributed by atoms with Gasteiger partial charge in [0.2, 0.25) is 12.2 Å². The summed E-state index contributed by atoms with van der Waals surface area (Å²) in [5.41, 5.74) is 1.06. The highest BCUT2D eigenvalue weighted by molar-refractivity contribution is 5.57. The van der Waals surface area contributed by atoms with Gasteiger partial charge in [-0.3, -0.25) is 0 Å². The molecule has 0 aliphatic carbocycles. The lowest BCUT2D eigenvalue weighted by Crippen LogP contribution is -1.81. The van der Waals surface area contributed by atoms with E-state index in [1.165, 1.54) is 19.3 Å². The van der Waals surface area contributed by atoms with Gasteiger partial charge in [-0.05, 0) is 24.3 Å². The van der Waals surface area contributed by atoms with E-state index < -0.39 is 0 Å². The monoisotopic (exact) mass is 298 g/mol. The summed E-state index contributed by atoms with van der Waals surface area (Å²) < 4.78 is 9.84. The number of hydrogen-bond donors (Lipinski definition) is 0. The molecule has 0 heterocycles. The van der Waals surface area contributed by atoms with E-state index in [2.05, 4.69) is 9.98 Å². The van der Waals surface area contributed by atoms with Crippen LogP contribution < -0.4 is 9.47 Å². The Kier molecular flexibility index (Phi) is 7.40. The van der Waals surface area contributed by atoms with Gasteiger partial charge in [-0.25, -0.2) is 9.59 Å². The zero-order chi connectivity index (χ0) is 16.2. The molecule has 0 aliphatic heterocycles. The van der Waals surface area contributed by atoms with E-state index in [1.807, 2.05) is 6.07 Å². The quantitative estimate of drug-likeness (QED) is 0.640. The third-order valence-corrected chi connectivity index (χ3v) is 2.48. The minimum atomic E-state index is 0.505. The smallest absolute Gasteiger partial charge is 0.240 e. The molecule has 0 N–H and O–H groups in total. The van der Waals surface area contributed by atoms with Gasteiger partial charge in [-0.15, -0.1) is 0 Å². The van der Waals surface area contributed by atoms with Crippen molar-refractivity contribution in [2.24, 2.45) is 9.98 Å². The van der Waals surface area contributed by atoms with Gasteiger partial charge in [0, 0.05) is 6.07 Å². The average Bonchev–Trinajstić information content (AvgIpc) is 2.57. The first-order valence-electron chi connectivity index (χ1n) is 6.18. The number of nitrogens with zero attached hydrogens (tertiary/aromatic N) is 2. The number of aliphatic imine (C=N–C) groups is 2. The predicted octanol–water partition coefficient (Wildman–Crippen LogP) is 3.33. The molecular formula is C16H14N2O4. The number of rotatable bonds is 4. The Morgan fingerprint density at radius 2 is 1.59 bits per heavy atom. The Morgan fingerprint density at radius 3 is 2.23 bits per heavy atom.